The highest BCUT2D eigenvalue weighted by molar-refractivity contribution is 5.66. The van der Waals surface area contributed by atoms with E-state index in [0.29, 0.717) is 23.3 Å². The van der Waals surface area contributed by atoms with Gasteiger partial charge in [-0.3, -0.25) is 0 Å². The van der Waals surface area contributed by atoms with Crippen LogP contribution in [0.1, 0.15) is 62.5 Å². The molecule has 4 unspecified atom stereocenters. The molecule has 2 aliphatic carbocycles. The summed E-state index contributed by atoms with van der Waals surface area (Å²) >= 11 is 0. The molecule has 4 heteroatoms. The first-order valence-electron chi connectivity index (χ1n) is 10.8. The Morgan fingerprint density at radius 3 is 2.27 bits per heavy atom. The van der Waals surface area contributed by atoms with E-state index in [1.54, 1.807) is 6.07 Å². The molecule has 0 spiro atoms. The number of nitriles is 1. The largest absolute Gasteiger partial charge is 0.206 e. The summed E-state index contributed by atoms with van der Waals surface area (Å²) < 4.78 is 43.7. The Hall–Kier alpha value is -2.54. The predicted molar refractivity (Wildman–Crippen MR) is 112 cm³/mol. The first-order chi connectivity index (χ1) is 14.5. The average Bonchev–Trinajstić information content (AvgIpc) is 2.73. The van der Waals surface area contributed by atoms with Gasteiger partial charge in [-0.2, -0.15) is 5.26 Å². The smallest absolute Gasteiger partial charge is 0.141 e. The van der Waals surface area contributed by atoms with E-state index in [9.17, 15) is 13.2 Å². The van der Waals surface area contributed by atoms with Crippen LogP contribution in [0.4, 0.5) is 13.2 Å². The lowest BCUT2D eigenvalue weighted by Gasteiger charge is -2.42. The summed E-state index contributed by atoms with van der Waals surface area (Å²) in [6.45, 7) is 2.07. The van der Waals surface area contributed by atoms with Gasteiger partial charge in [0.15, 0.2) is 0 Å². The van der Waals surface area contributed by atoms with Crippen LogP contribution in [0.2, 0.25) is 0 Å². The lowest BCUT2D eigenvalue weighted by molar-refractivity contribution is 0.133. The molecule has 0 heterocycles. The molecule has 0 N–H and O–H groups in total. The van der Waals surface area contributed by atoms with Gasteiger partial charge in [0.25, 0.3) is 0 Å². The van der Waals surface area contributed by atoms with Gasteiger partial charge in [0, 0.05) is 0 Å². The van der Waals surface area contributed by atoms with Gasteiger partial charge in [0.2, 0.25) is 0 Å². The normalized spacial score (nSPS) is 26.4. The Balaban J connectivity index is 1.54. The van der Waals surface area contributed by atoms with E-state index in [1.165, 1.54) is 43.5 Å². The minimum Gasteiger partial charge on any atom is -0.206 e. The van der Waals surface area contributed by atoms with E-state index in [0.717, 1.165) is 25.3 Å². The van der Waals surface area contributed by atoms with Crippen molar-refractivity contribution in [2.75, 3.05) is 0 Å². The fourth-order valence-electron chi connectivity index (χ4n) is 5.54. The summed E-state index contributed by atoms with van der Waals surface area (Å²) in [5, 5.41) is 8.85. The van der Waals surface area contributed by atoms with Gasteiger partial charge >= 0.3 is 0 Å². The highest BCUT2D eigenvalue weighted by Gasteiger charge is 2.35. The molecule has 156 valence electrons. The molecule has 1 nitrogen and oxygen atoms in total. The average molecular weight is 409 g/mol. The van der Waals surface area contributed by atoms with Crippen LogP contribution in [0.15, 0.2) is 42.5 Å². The van der Waals surface area contributed by atoms with E-state index >= 15 is 0 Å². The molecular formula is C26H26F3N. The Bertz CT molecular complexity index is 981. The van der Waals surface area contributed by atoms with E-state index < -0.39 is 17.5 Å². The standard InChI is InChI=1S/C26H26F3N/c1-2-3-16-4-5-18-11-19(7-6-17(18)10-16)22-13-24(28)26(25(29)14-22)20-8-9-21(15-30)23(27)12-20/h2-3,8-9,12-14,16-19H,4-7,10-11H2,1H3/b3-2+. The third-order valence-electron chi connectivity index (χ3n) is 7.03. The molecule has 4 atom stereocenters. The predicted octanol–water partition coefficient (Wildman–Crippen LogP) is 7.52. The van der Waals surface area contributed by atoms with Gasteiger partial charge in [0.1, 0.15) is 23.5 Å². The maximum Gasteiger partial charge on any atom is 0.141 e. The maximum absolute atomic E-state index is 14.9. The fourth-order valence-corrected chi connectivity index (χ4v) is 5.54. The summed E-state index contributed by atoms with van der Waals surface area (Å²) in [7, 11) is 0. The highest BCUT2D eigenvalue weighted by atomic mass is 19.1. The zero-order valence-corrected chi connectivity index (χ0v) is 17.2. The molecule has 2 aromatic rings. The van der Waals surface area contributed by atoms with Gasteiger partial charge in [-0.05, 0) is 105 Å². The van der Waals surface area contributed by atoms with Crippen molar-refractivity contribution in [3.63, 3.8) is 0 Å². The summed E-state index contributed by atoms with van der Waals surface area (Å²) in [4.78, 5) is 0. The SMILES string of the molecule is C/C=C/C1CCC2CC(c3cc(F)c(-c4ccc(C#N)c(F)c4)c(F)c3)CCC2C1. The number of allylic oxidation sites excluding steroid dienone is 2. The van der Waals surface area contributed by atoms with Gasteiger partial charge in [-0.1, -0.05) is 18.2 Å². The van der Waals surface area contributed by atoms with Crippen molar-refractivity contribution < 1.29 is 13.2 Å². The van der Waals surface area contributed by atoms with Crippen molar-refractivity contribution in [3.8, 4) is 17.2 Å². The van der Waals surface area contributed by atoms with E-state index in [2.05, 4.69) is 19.1 Å². The minimum absolute atomic E-state index is 0.110. The van der Waals surface area contributed by atoms with Gasteiger partial charge < -0.3 is 0 Å². The Labute approximate surface area is 176 Å². The molecule has 2 fully saturated rings. The summed E-state index contributed by atoms with van der Waals surface area (Å²) in [5.41, 5.74) is 0.440. The molecule has 0 aromatic heterocycles. The quantitative estimate of drug-likeness (QED) is 0.481. The van der Waals surface area contributed by atoms with Crippen LogP contribution in [-0.4, -0.2) is 0 Å². The monoisotopic (exact) mass is 409 g/mol. The summed E-state index contributed by atoms with van der Waals surface area (Å²) in [6.07, 6.45) is 11.1. The van der Waals surface area contributed by atoms with Crippen LogP contribution < -0.4 is 0 Å². The second-order valence-electron chi connectivity index (χ2n) is 8.80. The zero-order chi connectivity index (χ0) is 21.3. The number of hydrogen-bond acceptors (Lipinski definition) is 1. The molecule has 2 saturated carbocycles. The van der Waals surface area contributed by atoms with E-state index in [1.807, 2.05) is 0 Å². The minimum atomic E-state index is -0.773. The third kappa shape index (κ3) is 4.03. The van der Waals surface area contributed by atoms with Crippen molar-refractivity contribution in [3.05, 3.63) is 71.1 Å². The number of hydrogen-bond donors (Lipinski definition) is 0. The first kappa shape index (κ1) is 20.7. The highest BCUT2D eigenvalue weighted by Crippen LogP contribution is 2.48. The number of fused-ring (bicyclic) bond motifs is 1. The van der Waals surface area contributed by atoms with E-state index in [4.69, 9.17) is 5.26 Å². The molecule has 2 aromatic carbocycles. The molecule has 0 bridgehead atoms. The number of nitrogens with zero attached hydrogens (tertiary/aromatic N) is 1. The molecule has 0 radical (unpaired) electrons. The number of benzene rings is 2. The van der Waals surface area contributed by atoms with Crippen molar-refractivity contribution in [2.24, 2.45) is 17.8 Å². The van der Waals surface area contributed by atoms with Crippen molar-refractivity contribution in [1.82, 2.24) is 0 Å². The topological polar surface area (TPSA) is 23.8 Å². The third-order valence-corrected chi connectivity index (χ3v) is 7.03. The lowest BCUT2D eigenvalue weighted by atomic mass is 9.64. The number of rotatable bonds is 3. The zero-order valence-electron chi connectivity index (χ0n) is 17.2. The van der Waals surface area contributed by atoms with Gasteiger partial charge in [-0.15, -0.1) is 0 Å². The Morgan fingerprint density at radius 1 is 0.900 bits per heavy atom. The molecule has 2 aliphatic rings. The van der Waals surface area contributed by atoms with Crippen LogP contribution in [0.5, 0.6) is 0 Å². The van der Waals surface area contributed by atoms with Crippen LogP contribution in [0.25, 0.3) is 11.1 Å². The Kier molecular flexibility index (Phi) is 5.99. The summed E-state index contributed by atoms with van der Waals surface area (Å²) in [5.74, 6) is 0.0660. The molecular weight excluding hydrogens is 383 g/mol. The Morgan fingerprint density at radius 2 is 1.60 bits per heavy atom. The fraction of sp³-hybridized carbons (Fsp3) is 0.423. The number of halogens is 3. The first-order valence-corrected chi connectivity index (χ1v) is 10.8. The maximum atomic E-state index is 14.9. The van der Waals surface area contributed by atoms with Crippen molar-refractivity contribution in [1.29, 1.82) is 5.26 Å². The molecule has 0 amide bonds. The molecule has 0 aliphatic heterocycles. The van der Waals surface area contributed by atoms with Gasteiger partial charge in [0.05, 0.1) is 11.1 Å². The van der Waals surface area contributed by atoms with Crippen LogP contribution in [0, 0.1) is 46.5 Å². The summed E-state index contributed by atoms with van der Waals surface area (Å²) in [6, 6.07) is 8.23. The molecule has 4 rings (SSSR count). The second kappa shape index (κ2) is 8.68. The molecule has 30 heavy (non-hydrogen) atoms. The van der Waals surface area contributed by atoms with Crippen LogP contribution in [-0.2, 0) is 0 Å². The van der Waals surface area contributed by atoms with Crippen molar-refractivity contribution >= 4 is 0 Å². The molecule has 0 saturated heterocycles. The van der Waals surface area contributed by atoms with Crippen molar-refractivity contribution in [2.45, 2.75) is 51.4 Å². The lowest BCUT2D eigenvalue weighted by Crippen LogP contribution is -2.30. The van der Waals surface area contributed by atoms with Crippen LogP contribution >= 0.6 is 0 Å². The van der Waals surface area contributed by atoms with E-state index in [-0.39, 0.29) is 22.6 Å². The van der Waals surface area contributed by atoms with Crippen LogP contribution in [0.3, 0.4) is 0 Å². The van der Waals surface area contributed by atoms with Gasteiger partial charge in [-0.25, -0.2) is 13.2 Å². The second-order valence-corrected chi connectivity index (χ2v) is 8.80.